The lowest BCUT2D eigenvalue weighted by atomic mass is 10.1. The van der Waals surface area contributed by atoms with Crippen LogP contribution < -0.4 is 5.32 Å². The van der Waals surface area contributed by atoms with Crippen molar-refractivity contribution in [3.05, 3.63) is 78.0 Å². The molecular formula is C24H25N5O2. The molecule has 0 unspecified atom stereocenters. The van der Waals surface area contributed by atoms with Crippen molar-refractivity contribution in [2.45, 2.75) is 6.61 Å². The van der Waals surface area contributed by atoms with Crippen LogP contribution in [0.5, 0.6) is 0 Å². The minimum Gasteiger partial charge on any atom is -0.392 e. The molecule has 31 heavy (non-hydrogen) atoms. The third-order valence-corrected chi connectivity index (χ3v) is 5.03. The number of aliphatic hydroxyl groups excluding tert-OH is 1. The summed E-state index contributed by atoms with van der Waals surface area (Å²) in [4.78, 5) is 19.0. The van der Waals surface area contributed by atoms with Crippen LogP contribution in [0.25, 0.3) is 28.2 Å². The van der Waals surface area contributed by atoms with E-state index in [0.29, 0.717) is 12.1 Å². The summed E-state index contributed by atoms with van der Waals surface area (Å²) in [7, 11) is 3.94. The number of fused-ring (bicyclic) bond motifs is 1. The third kappa shape index (κ3) is 4.63. The third-order valence-electron chi connectivity index (χ3n) is 5.03. The van der Waals surface area contributed by atoms with Gasteiger partial charge in [-0.3, -0.25) is 4.79 Å². The zero-order valence-electron chi connectivity index (χ0n) is 17.6. The lowest BCUT2D eigenvalue weighted by molar-refractivity contribution is 0.0951. The van der Waals surface area contributed by atoms with E-state index in [1.54, 1.807) is 16.8 Å². The first-order chi connectivity index (χ1) is 15.0. The molecule has 7 heteroatoms. The maximum atomic E-state index is 12.5. The summed E-state index contributed by atoms with van der Waals surface area (Å²) >= 11 is 0. The number of carbonyl (C=O) groups excluding carboxylic acids is 1. The number of nitrogens with zero attached hydrogens (tertiary/aromatic N) is 4. The molecule has 0 spiro atoms. The second-order valence-electron chi connectivity index (χ2n) is 7.63. The van der Waals surface area contributed by atoms with Gasteiger partial charge in [0, 0.05) is 29.8 Å². The molecule has 0 saturated carbocycles. The van der Waals surface area contributed by atoms with Gasteiger partial charge in [0.15, 0.2) is 5.65 Å². The molecule has 2 heterocycles. The maximum Gasteiger partial charge on any atom is 0.251 e. The first-order valence-electron chi connectivity index (χ1n) is 10.1. The molecule has 0 radical (unpaired) electrons. The fourth-order valence-electron chi connectivity index (χ4n) is 3.37. The predicted molar refractivity (Wildman–Crippen MR) is 121 cm³/mol. The Labute approximate surface area is 181 Å². The Hall–Kier alpha value is -3.55. The molecule has 4 aromatic rings. The lowest BCUT2D eigenvalue weighted by Gasteiger charge is -2.11. The maximum absolute atomic E-state index is 12.5. The number of amides is 1. The Kier molecular flexibility index (Phi) is 6.06. The summed E-state index contributed by atoms with van der Waals surface area (Å²) in [6.45, 7) is 1.35. The summed E-state index contributed by atoms with van der Waals surface area (Å²) in [5, 5.41) is 17.1. The van der Waals surface area contributed by atoms with E-state index in [-0.39, 0.29) is 12.5 Å². The second kappa shape index (κ2) is 9.07. The molecular weight excluding hydrogens is 390 g/mol. The van der Waals surface area contributed by atoms with Crippen molar-refractivity contribution in [3.63, 3.8) is 0 Å². The van der Waals surface area contributed by atoms with Gasteiger partial charge in [0.05, 0.1) is 24.2 Å². The highest BCUT2D eigenvalue weighted by molar-refractivity contribution is 5.95. The molecule has 0 atom stereocenters. The highest BCUT2D eigenvalue weighted by Crippen LogP contribution is 2.24. The second-order valence-corrected chi connectivity index (χ2v) is 7.63. The Morgan fingerprint density at radius 1 is 1.06 bits per heavy atom. The first-order valence-corrected chi connectivity index (χ1v) is 10.1. The van der Waals surface area contributed by atoms with E-state index >= 15 is 0 Å². The number of benzene rings is 2. The van der Waals surface area contributed by atoms with Crippen molar-refractivity contribution >= 4 is 11.6 Å². The normalized spacial score (nSPS) is 11.2. The SMILES string of the molecule is CN(C)CCNC(=O)c1cccc(-c2cnc3ccc(-c4cccc(CO)c4)nn23)c1. The number of aliphatic hydroxyl groups is 1. The number of hydrogen-bond acceptors (Lipinski definition) is 5. The molecule has 2 aromatic carbocycles. The summed E-state index contributed by atoms with van der Waals surface area (Å²) in [6, 6.07) is 19.0. The van der Waals surface area contributed by atoms with Crippen LogP contribution in [-0.4, -0.2) is 57.7 Å². The molecule has 0 fully saturated rings. The summed E-state index contributed by atoms with van der Waals surface area (Å²) in [5.41, 5.74) is 5.51. The largest absolute Gasteiger partial charge is 0.392 e. The zero-order chi connectivity index (χ0) is 21.8. The smallest absolute Gasteiger partial charge is 0.251 e. The average molecular weight is 415 g/mol. The molecule has 7 nitrogen and oxygen atoms in total. The van der Waals surface area contributed by atoms with Gasteiger partial charge in [0.2, 0.25) is 0 Å². The fourth-order valence-corrected chi connectivity index (χ4v) is 3.37. The van der Waals surface area contributed by atoms with Gasteiger partial charge in [0.25, 0.3) is 5.91 Å². The molecule has 0 aliphatic rings. The molecule has 2 aromatic heterocycles. The van der Waals surface area contributed by atoms with Gasteiger partial charge in [-0.25, -0.2) is 9.50 Å². The van der Waals surface area contributed by atoms with E-state index in [9.17, 15) is 9.90 Å². The number of carbonyl (C=O) groups is 1. The molecule has 4 rings (SSSR count). The van der Waals surface area contributed by atoms with Crippen molar-refractivity contribution in [2.24, 2.45) is 0 Å². The number of imidazole rings is 1. The summed E-state index contributed by atoms with van der Waals surface area (Å²) in [5.74, 6) is -0.105. The highest BCUT2D eigenvalue weighted by atomic mass is 16.3. The molecule has 0 bridgehead atoms. The Balaban J connectivity index is 1.66. The summed E-state index contributed by atoms with van der Waals surface area (Å²) in [6.07, 6.45) is 1.76. The van der Waals surface area contributed by atoms with Crippen LogP contribution in [-0.2, 0) is 6.61 Å². The van der Waals surface area contributed by atoms with Crippen LogP contribution in [0, 0.1) is 0 Å². The van der Waals surface area contributed by atoms with Crippen molar-refractivity contribution < 1.29 is 9.90 Å². The van der Waals surface area contributed by atoms with E-state index in [4.69, 9.17) is 5.10 Å². The monoisotopic (exact) mass is 415 g/mol. The van der Waals surface area contributed by atoms with E-state index in [1.165, 1.54) is 0 Å². The Morgan fingerprint density at radius 3 is 2.68 bits per heavy atom. The minimum atomic E-state index is -0.105. The fraction of sp³-hybridized carbons (Fsp3) is 0.208. The van der Waals surface area contributed by atoms with E-state index in [1.807, 2.05) is 73.6 Å². The van der Waals surface area contributed by atoms with Crippen LogP contribution in [0.1, 0.15) is 15.9 Å². The molecule has 0 aliphatic heterocycles. The van der Waals surface area contributed by atoms with Crippen molar-refractivity contribution in [1.29, 1.82) is 0 Å². The van der Waals surface area contributed by atoms with Gasteiger partial charge in [-0.2, -0.15) is 5.10 Å². The number of aromatic nitrogens is 3. The molecule has 158 valence electrons. The van der Waals surface area contributed by atoms with Gasteiger partial charge in [-0.15, -0.1) is 0 Å². The van der Waals surface area contributed by atoms with Crippen molar-refractivity contribution in [2.75, 3.05) is 27.2 Å². The topological polar surface area (TPSA) is 82.8 Å². The van der Waals surface area contributed by atoms with Crippen molar-refractivity contribution in [1.82, 2.24) is 24.8 Å². The van der Waals surface area contributed by atoms with Gasteiger partial charge in [0.1, 0.15) is 0 Å². The van der Waals surface area contributed by atoms with Crippen LogP contribution >= 0.6 is 0 Å². The Morgan fingerprint density at radius 2 is 1.87 bits per heavy atom. The highest BCUT2D eigenvalue weighted by Gasteiger charge is 2.12. The zero-order valence-corrected chi connectivity index (χ0v) is 17.6. The van der Waals surface area contributed by atoms with Gasteiger partial charge >= 0.3 is 0 Å². The standard InChI is InChI=1S/C24H25N5O2/c1-28(2)12-11-25-24(31)20-8-4-7-19(14-20)22-15-26-23-10-9-21(27-29(22)23)18-6-3-5-17(13-18)16-30/h3-10,13-15,30H,11-12,16H2,1-2H3,(H,25,31). The number of nitrogens with one attached hydrogen (secondary N) is 1. The average Bonchev–Trinajstić information content (AvgIpc) is 3.22. The van der Waals surface area contributed by atoms with Crippen LogP contribution in [0.15, 0.2) is 66.9 Å². The Bertz CT molecular complexity index is 1220. The summed E-state index contributed by atoms with van der Waals surface area (Å²) < 4.78 is 1.78. The van der Waals surface area contributed by atoms with Gasteiger partial charge in [-0.05, 0) is 50.0 Å². The number of likely N-dealkylation sites (N-methyl/N-ethyl adjacent to an activating group) is 1. The number of hydrogen-bond donors (Lipinski definition) is 2. The van der Waals surface area contributed by atoms with Crippen LogP contribution in [0.4, 0.5) is 0 Å². The van der Waals surface area contributed by atoms with E-state index in [0.717, 1.165) is 40.3 Å². The first kappa shape index (κ1) is 20.7. The van der Waals surface area contributed by atoms with Crippen molar-refractivity contribution in [3.8, 4) is 22.5 Å². The van der Waals surface area contributed by atoms with Crippen LogP contribution in [0.3, 0.4) is 0 Å². The predicted octanol–water partition coefficient (Wildman–Crippen LogP) is 2.85. The molecule has 0 aliphatic carbocycles. The number of rotatable bonds is 7. The molecule has 0 saturated heterocycles. The van der Waals surface area contributed by atoms with E-state index in [2.05, 4.69) is 10.3 Å². The molecule has 1 amide bonds. The van der Waals surface area contributed by atoms with Gasteiger partial charge in [-0.1, -0.05) is 30.3 Å². The quantitative estimate of drug-likeness (QED) is 0.485. The lowest BCUT2D eigenvalue weighted by Crippen LogP contribution is -2.31. The van der Waals surface area contributed by atoms with Crippen LogP contribution in [0.2, 0.25) is 0 Å². The molecule has 2 N–H and O–H groups in total. The minimum absolute atomic E-state index is 0.0180. The van der Waals surface area contributed by atoms with Gasteiger partial charge < -0.3 is 15.3 Å². The van der Waals surface area contributed by atoms with E-state index < -0.39 is 0 Å².